The van der Waals surface area contributed by atoms with Gasteiger partial charge < -0.3 is 10.4 Å². The Bertz CT molecular complexity index is 559. The molecule has 0 aliphatic heterocycles. The number of aliphatic carboxylic acids is 1. The van der Waals surface area contributed by atoms with Crippen LogP contribution in [0.25, 0.3) is 0 Å². The van der Waals surface area contributed by atoms with Crippen molar-refractivity contribution < 1.29 is 14.7 Å². The zero-order chi connectivity index (χ0) is 13.7. The summed E-state index contributed by atoms with van der Waals surface area (Å²) in [5.74, 6) is -1.53. The first kappa shape index (κ1) is 13.7. The predicted molar refractivity (Wildman–Crippen MR) is 61.2 cm³/mol. The molecule has 1 atom stereocenters. The van der Waals surface area contributed by atoms with E-state index in [0.29, 0.717) is 0 Å². The van der Waals surface area contributed by atoms with Crippen LogP contribution >= 0.6 is 0 Å². The van der Waals surface area contributed by atoms with E-state index in [-0.39, 0.29) is 13.0 Å². The topological polar surface area (TPSA) is 121 Å². The largest absolute Gasteiger partial charge is 0.481 e. The Labute approximate surface area is 101 Å². The number of carboxylic acid groups (broad SMARTS) is 1. The molecule has 0 aromatic carbocycles. The highest BCUT2D eigenvalue weighted by Crippen LogP contribution is 1.90. The molecule has 1 rings (SSSR count). The Kier molecular flexibility index (Phi) is 4.41. The molecule has 0 saturated carbocycles. The van der Waals surface area contributed by atoms with Gasteiger partial charge in [0, 0.05) is 18.3 Å². The Morgan fingerprint density at radius 2 is 2.17 bits per heavy atom. The van der Waals surface area contributed by atoms with Gasteiger partial charge in [-0.2, -0.15) is 0 Å². The fraction of sp³-hybridized carbons (Fsp3) is 0.400. The molecular weight excluding hydrogens is 242 g/mol. The molecule has 1 amide bonds. The fourth-order valence-electron chi connectivity index (χ4n) is 1.36. The van der Waals surface area contributed by atoms with Crippen LogP contribution in [0.4, 0.5) is 0 Å². The summed E-state index contributed by atoms with van der Waals surface area (Å²) in [5, 5.41) is 10.9. The van der Waals surface area contributed by atoms with Crippen LogP contribution in [0.1, 0.15) is 13.3 Å². The van der Waals surface area contributed by atoms with Gasteiger partial charge in [-0.3, -0.25) is 23.9 Å². The minimum atomic E-state index is -1.02. The third-order valence-electron chi connectivity index (χ3n) is 2.10. The Hall–Kier alpha value is -2.38. The summed E-state index contributed by atoms with van der Waals surface area (Å²) in [6, 6.07) is 0.587. The van der Waals surface area contributed by atoms with Crippen LogP contribution in [0.2, 0.25) is 0 Å². The van der Waals surface area contributed by atoms with E-state index in [0.717, 1.165) is 10.6 Å². The van der Waals surface area contributed by atoms with Crippen molar-refractivity contribution in [1.29, 1.82) is 0 Å². The minimum Gasteiger partial charge on any atom is -0.481 e. The number of aromatic nitrogens is 2. The fourth-order valence-corrected chi connectivity index (χ4v) is 1.36. The lowest BCUT2D eigenvalue weighted by Crippen LogP contribution is -2.39. The van der Waals surface area contributed by atoms with Gasteiger partial charge in [0.05, 0.1) is 6.42 Å². The molecule has 98 valence electrons. The Morgan fingerprint density at radius 1 is 1.50 bits per heavy atom. The van der Waals surface area contributed by atoms with Crippen LogP contribution in [-0.4, -0.2) is 32.6 Å². The second-order valence-electron chi connectivity index (χ2n) is 3.80. The second kappa shape index (κ2) is 5.80. The first-order valence-corrected chi connectivity index (χ1v) is 5.19. The quantitative estimate of drug-likeness (QED) is 0.592. The van der Waals surface area contributed by atoms with Crippen LogP contribution in [0.3, 0.4) is 0 Å². The number of carbonyl (C=O) groups excluding carboxylic acids is 1. The SMILES string of the molecule is CC(CC(=O)O)NC(=O)Cn1ccc(=O)[nH]c1=O. The van der Waals surface area contributed by atoms with Crippen LogP contribution < -0.4 is 16.6 Å². The van der Waals surface area contributed by atoms with Crippen molar-refractivity contribution in [3.05, 3.63) is 33.1 Å². The van der Waals surface area contributed by atoms with Crippen molar-refractivity contribution >= 4 is 11.9 Å². The number of hydrogen-bond donors (Lipinski definition) is 3. The Balaban J connectivity index is 2.62. The van der Waals surface area contributed by atoms with Gasteiger partial charge in [-0.05, 0) is 6.92 Å². The molecule has 1 aromatic rings. The summed E-state index contributed by atoms with van der Waals surface area (Å²) < 4.78 is 1.02. The number of amides is 1. The normalized spacial score (nSPS) is 11.8. The van der Waals surface area contributed by atoms with Gasteiger partial charge in [-0.25, -0.2) is 4.79 Å². The van der Waals surface area contributed by atoms with E-state index in [4.69, 9.17) is 5.11 Å². The van der Waals surface area contributed by atoms with Gasteiger partial charge >= 0.3 is 11.7 Å². The van der Waals surface area contributed by atoms with Crippen LogP contribution in [0.5, 0.6) is 0 Å². The van der Waals surface area contributed by atoms with E-state index in [1.165, 1.54) is 6.20 Å². The summed E-state index contributed by atoms with van der Waals surface area (Å²) in [6.07, 6.45) is 0.995. The minimum absolute atomic E-state index is 0.202. The smallest absolute Gasteiger partial charge is 0.328 e. The molecule has 0 bridgehead atoms. The third-order valence-corrected chi connectivity index (χ3v) is 2.10. The third kappa shape index (κ3) is 4.24. The predicted octanol–water partition coefficient (Wildman–Crippen LogP) is -1.48. The average Bonchev–Trinajstić information content (AvgIpc) is 2.20. The van der Waals surface area contributed by atoms with E-state index >= 15 is 0 Å². The molecule has 8 heteroatoms. The molecule has 0 fully saturated rings. The summed E-state index contributed by atoms with van der Waals surface area (Å²) >= 11 is 0. The number of aromatic amines is 1. The standard InChI is InChI=1S/C10H13N3O5/c1-6(4-9(16)17)11-8(15)5-13-3-2-7(14)12-10(13)18/h2-3,6H,4-5H2,1H3,(H,11,15)(H,16,17)(H,12,14,18). The maximum atomic E-state index is 11.5. The molecular formula is C10H13N3O5. The van der Waals surface area contributed by atoms with Crippen LogP contribution in [-0.2, 0) is 16.1 Å². The summed E-state index contributed by atoms with van der Waals surface area (Å²) in [5.41, 5.74) is -1.24. The lowest BCUT2D eigenvalue weighted by molar-refractivity contribution is -0.137. The van der Waals surface area contributed by atoms with E-state index < -0.39 is 29.2 Å². The van der Waals surface area contributed by atoms with Crippen molar-refractivity contribution in [1.82, 2.24) is 14.9 Å². The van der Waals surface area contributed by atoms with Gasteiger partial charge in [0.2, 0.25) is 5.91 Å². The Morgan fingerprint density at radius 3 is 2.72 bits per heavy atom. The molecule has 3 N–H and O–H groups in total. The van der Waals surface area contributed by atoms with Gasteiger partial charge in [0.1, 0.15) is 6.54 Å². The molecule has 0 radical (unpaired) electrons. The molecule has 1 heterocycles. The van der Waals surface area contributed by atoms with Crippen LogP contribution in [0.15, 0.2) is 21.9 Å². The number of H-pyrrole nitrogens is 1. The van der Waals surface area contributed by atoms with Gasteiger partial charge in [-0.1, -0.05) is 0 Å². The maximum Gasteiger partial charge on any atom is 0.328 e. The second-order valence-corrected chi connectivity index (χ2v) is 3.80. The van der Waals surface area contributed by atoms with E-state index in [2.05, 4.69) is 5.32 Å². The number of nitrogens with one attached hydrogen (secondary N) is 2. The molecule has 0 spiro atoms. The molecule has 8 nitrogen and oxygen atoms in total. The monoisotopic (exact) mass is 255 g/mol. The molecule has 18 heavy (non-hydrogen) atoms. The lowest BCUT2D eigenvalue weighted by atomic mass is 10.2. The number of carbonyl (C=O) groups is 2. The summed E-state index contributed by atoms with van der Waals surface area (Å²) in [6.45, 7) is 1.27. The number of nitrogens with zero attached hydrogens (tertiary/aromatic N) is 1. The van der Waals surface area contributed by atoms with Crippen molar-refractivity contribution in [2.45, 2.75) is 25.9 Å². The van der Waals surface area contributed by atoms with Crippen molar-refractivity contribution in [3.8, 4) is 0 Å². The number of hydrogen-bond acceptors (Lipinski definition) is 4. The summed E-state index contributed by atoms with van der Waals surface area (Å²) in [4.78, 5) is 46.0. The van der Waals surface area contributed by atoms with Crippen molar-refractivity contribution in [3.63, 3.8) is 0 Å². The highest BCUT2D eigenvalue weighted by atomic mass is 16.4. The van der Waals surface area contributed by atoms with Crippen molar-refractivity contribution in [2.24, 2.45) is 0 Å². The van der Waals surface area contributed by atoms with Crippen LogP contribution in [0, 0.1) is 0 Å². The average molecular weight is 255 g/mol. The maximum absolute atomic E-state index is 11.5. The van der Waals surface area contributed by atoms with E-state index in [1.54, 1.807) is 6.92 Å². The van der Waals surface area contributed by atoms with E-state index in [9.17, 15) is 19.2 Å². The first-order valence-electron chi connectivity index (χ1n) is 5.19. The van der Waals surface area contributed by atoms with Crippen molar-refractivity contribution in [2.75, 3.05) is 0 Å². The number of carboxylic acids is 1. The molecule has 0 aliphatic rings. The number of rotatable bonds is 5. The van der Waals surface area contributed by atoms with Gasteiger partial charge in [0.25, 0.3) is 5.56 Å². The highest BCUT2D eigenvalue weighted by molar-refractivity contribution is 5.77. The molecule has 1 unspecified atom stereocenters. The zero-order valence-electron chi connectivity index (χ0n) is 9.67. The zero-order valence-corrected chi connectivity index (χ0v) is 9.67. The molecule has 0 aliphatic carbocycles. The van der Waals surface area contributed by atoms with Gasteiger partial charge in [-0.15, -0.1) is 0 Å². The lowest BCUT2D eigenvalue weighted by Gasteiger charge is -2.11. The first-order chi connectivity index (χ1) is 8.38. The van der Waals surface area contributed by atoms with Gasteiger partial charge in [0.15, 0.2) is 0 Å². The van der Waals surface area contributed by atoms with E-state index in [1.807, 2.05) is 4.98 Å². The molecule has 1 aromatic heterocycles. The molecule has 0 saturated heterocycles. The summed E-state index contributed by atoms with van der Waals surface area (Å²) in [7, 11) is 0. The highest BCUT2D eigenvalue weighted by Gasteiger charge is 2.11.